The van der Waals surface area contributed by atoms with Crippen LogP contribution in [0.3, 0.4) is 0 Å². The molecule has 2 aliphatic heterocycles. The molecule has 0 aliphatic carbocycles. The molecule has 2 heterocycles. The van der Waals surface area contributed by atoms with Crippen molar-refractivity contribution < 1.29 is 9.47 Å². The zero-order valence-corrected chi connectivity index (χ0v) is 10.6. The van der Waals surface area contributed by atoms with Crippen molar-refractivity contribution in [3.63, 3.8) is 0 Å². The molecule has 0 aromatic rings. The highest BCUT2D eigenvalue weighted by Gasteiger charge is 2.22. The molecule has 1 atom stereocenters. The number of nitrogens with zero attached hydrogens (tertiary/aromatic N) is 2. The monoisotopic (exact) mass is 243 g/mol. The summed E-state index contributed by atoms with van der Waals surface area (Å²) in [6.07, 6.45) is 1.04. The van der Waals surface area contributed by atoms with Gasteiger partial charge in [-0.2, -0.15) is 0 Å². The van der Waals surface area contributed by atoms with Crippen LogP contribution in [0.4, 0.5) is 0 Å². The maximum Gasteiger partial charge on any atom is 0.0623 e. The standard InChI is InChI=1S/C12H25N3O2/c13-2-1-12-11-17-10-7-15(12)4-3-14-5-8-16-9-6-14/h12H,1-11,13H2. The normalized spacial score (nSPS) is 28.4. The lowest BCUT2D eigenvalue weighted by molar-refractivity contribution is -0.0199. The van der Waals surface area contributed by atoms with E-state index in [1.54, 1.807) is 0 Å². The van der Waals surface area contributed by atoms with Crippen LogP contribution in [0.2, 0.25) is 0 Å². The van der Waals surface area contributed by atoms with Crippen LogP contribution in [-0.2, 0) is 9.47 Å². The Labute approximate surface area is 104 Å². The maximum atomic E-state index is 5.65. The number of morpholine rings is 2. The molecule has 0 aromatic heterocycles. The van der Waals surface area contributed by atoms with Gasteiger partial charge in [0.25, 0.3) is 0 Å². The predicted octanol–water partition coefficient (Wildman–Crippen LogP) is -0.632. The highest BCUT2D eigenvalue weighted by Crippen LogP contribution is 2.10. The molecule has 1 unspecified atom stereocenters. The molecule has 0 radical (unpaired) electrons. The van der Waals surface area contributed by atoms with E-state index in [1.165, 1.54) is 0 Å². The minimum Gasteiger partial charge on any atom is -0.379 e. The Balaban J connectivity index is 1.71. The Morgan fingerprint density at radius 3 is 2.53 bits per heavy atom. The molecule has 0 spiro atoms. The van der Waals surface area contributed by atoms with Crippen LogP contribution in [-0.4, -0.2) is 81.5 Å². The Bertz CT molecular complexity index is 208. The van der Waals surface area contributed by atoms with Crippen molar-refractivity contribution in [2.45, 2.75) is 12.5 Å². The van der Waals surface area contributed by atoms with Gasteiger partial charge in [0.1, 0.15) is 0 Å². The van der Waals surface area contributed by atoms with E-state index in [9.17, 15) is 0 Å². The molecule has 17 heavy (non-hydrogen) atoms. The van der Waals surface area contributed by atoms with Crippen molar-refractivity contribution in [2.24, 2.45) is 5.73 Å². The minimum atomic E-state index is 0.523. The SMILES string of the molecule is NCCC1COCCN1CCN1CCOCC1. The van der Waals surface area contributed by atoms with Gasteiger partial charge in [0, 0.05) is 38.8 Å². The average Bonchev–Trinajstić information content (AvgIpc) is 2.39. The lowest BCUT2D eigenvalue weighted by atomic mass is 10.1. The van der Waals surface area contributed by atoms with E-state index in [0.29, 0.717) is 6.04 Å². The van der Waals surface area contributed by atoms with Gasteiger partial charge < -0.3 is 15.2 Å². The first kappa shape index (κ1) is 13.2. The van der Waals surface area contributed by atoms with Crippen LogP contribution in [0, 0.1) is 0 Å². The second-order valence-electron chi connectivity index (χ2n) is 4.80. The van der Waals surface area contributed by atoms with Crippen molar-refractivity contribution >= 4 is 0 Å². The van der Waals surface area contributed by atoms with Crippen molar-refractivity contribution in [3.05, 3.63) is 0 Å². The van der Waals surface area contributed by atoms with Crippen molar-refractivity contribution in [2.75, 3.05) is 65.7 Å². The topological polar surface area (TPSA) is 51.0 Å². The molecule has 2 N–H and O–H groups in total. The van der Waals surface area contributed by atoms with Gasteiger partial charge in [-0.3, -0.25) is 9.80 Å². The number of nitrogens with two attached hydrogens (primary N) is 1. The largest absolute Gasteiger partial charge is 0.379 e. The quantitative estimate of drug-likeness (QED) is 0.697. The molecule has 2 aliphatic rings. The summed E-state index contributed by atoms with van der Waals surface area (Å²) in [5.74, 6) is 0. The van der Waals surface area contributed by atoms with Crippen LogP contribution in [0.15, 0.2) is 0 Å². The van der Waals surface area contributed by atoms with Crippen LogP contribution < -0.4 is 5.73 Å². The number of hydrogen-bond donors (Lipinski definition) is 1. The lowest BCUT2D eigenvalue weighted by Gasteiger charge is -2.37. The van der Waals surface area contributed by atoms with E-state index in [4.69, 9.17) is 15.2 Å². The summed E-state index contributed by atoms with van der Waals surface area (Å²) in [5.41, 5.74) is 5.65. The summed E-state index contributed by atoms with van der Waals surface area (Å²) in [7, 11) is 0. The van der Waals surface area contributed by atoms with Crippen LogP contribution in [0.25, 0.3) is 0 Å². The molecule has 5 nitrogen and oxygen atoms in total. The first-order chi connectivity index (χ1) is 8.40. The second-order valence-corrected chi connectivity index (χ2v) is 4.80. The second kappa shape index (κ2) is 7.28. The fourth-order valence-corrected chi connectivity index (χ4v) is 2.54. The predicted molar refractivity (Wildman–Crippen MR) is 67.1 cm³/mol. The molecule has 100 valence electrons. The smallest absolute Gasteiger partial charge is 0.0623 e. The summed E-state index contributed by atoms with van der Waals surface area (Å²) >= 11 is 0. The van der Waals surface area contributed by atoms with Gasteiger partial charge in [-0.1, -0.05) is 0 Å². The number of rotatable bonds is 5. The van der Waals surface area contributed by atoms with Crippen molar-refractivity contribution in [1.29, 1.82) is 0 Å². The van der Waals surface area contributed by atoms with E-state index in [0.717, 1.165) is 72.1 Å². The first-order valence-electron chi connectivity index (χ1n) is 6.72. The molecule has 2 fully saturated rings. The Kier molecular flexibility index (Phi) is 5.67. The molecular weight excluding hydrogens is 218 g/mol. The van der Waals surface area contributed by atoms with Crippen molar-refractivity contribution in [1.82, 2.24) is 9.80 Å². The summed E-state index contributed by atoms with van der Waals surface area (Å²) < 4.78 is 10.9. The van der Waals surface area contributed by atoms with E-state index in [-0.39, 0.29) is 0 Å². The van der Waals surface area contributed by atoms with Gasteiger partial charge in [0.05, 0.1) is 26.4 Å². The summed E-state index contributed by atoms with van der Waals surface area (Å²) in [6, 6.07) is 0.523. The van der Waals surface area contributed by atoms with Gasteiger partial charge in [0.2, 0.25) is 0 Å². The fourth-order valence-electron chi connectivity index (χ4n) is 2.54. The van der Waals surface area contributed by atoms with E-state index < -0.39 is 0 Å². The van der Waals surface area contributed by atoms with Crippen LogP contribution in [0.5, 0.6) is 0 Å². The van der Waals surface area contributed by atoms with E-state index in [1.807, 2.05) is 0 Å². The third-order valence-corrected chi connectivity index (χ3v) is 3.66. The molecule has 0 aromatic carbocycles. The Morgan fingerprint density at radius 1 is 1.00 bits per heavy atom. The highest BCUT2D eigenvalue weighted by atomic mass is 16.5. The highest BCUT2D eigenvalue weighted by molar-refractivity contribution is 4.77. The molecule has 2 saturated heterocycles. The average molecular weight is 243 g/mol. The third-order valence-electron chi connectivity index (χ3n) is 3.66. The van der Waals surface area contributed by atoms with E-state index in [2.05, 4.69) is 9.80 Å². The van der Waals surface area contributed by atoms with Crippen LogP contribution >= 0.6 is 0 Å². The third kappa shape index (κ3) is 4.19. The zero-order chi connectivity index (χ0) is 11.9. The molecule has 2 rings (SSSR count). The van der Waals surface area contributed by atoms with Gasteiger partial charge in [-0.15, -0.1) is 0 Å². The van der Waals surface area contributed by atoms with Gasteiger partial charge in [0.15, 0.2) is 0 Å². The first-order valence-corrected chi connectivity index (χ1v) is 6.72. The Hall–Kier alpha value is -0.200. The summed E-state index contributed by atoms with van der Waals surface area (Å²) in [4.78, 5) is 5.02. The number of hydrogen-bond acceptors (Lipinski definition) is 5. The molecular formula is C12H25N3O2. The minimum absolute atomic E-state index is 0.523. The van der Waals surface area contributed by atoms with Gasteiger partial charge >= 0.3 is 0 Å². The molecule has 0 bridgehead atoms. The van der Waals surface area contributed by atoms with Gasteiger partial charge in [-0.05, 0) is 13.0 Å². The zero-order valence-electron chi connectivity index (χ0n) is 10.6. The fraction of sp³-hybridized carbons (Fsp3) is 1.00. The Morgan fingerprint density at radius 2 is 1.76 bits per heavy atom. The maximum absolute atomic E-state index is 5.65. The summed E-state index contributed by atoms with van der Waals surface area (Å²) in [5, 5.41) is 0. The van der Waals surface area contributed by atoms with Crippen molar-refractivity contribution in [3.8, 4) is 0 Å². The molecule has 0 saturated carbocycles. The van der Waals surface area contributed by atoms with Gasteiger partial charge in [-0.25, -0.2) is 0 Å². The number of ether oxygens (including phenoxy) is 2. The summed E-state index contributed by atoms with van der Waals surface area (Å²) in [6.45, 7) is 9.71. The molecule has 0 amide bonds. The van der Waals surface area contributed by atoms with Crippen LogP contribution in [0.1, 0.15) is 6.42 Å². The molecule has 5 heteroatoms. The van der Waals surface area contributed by atoms with E-state index >= 15 is 0 Å². The lowest BCUT2D eigenvalue weighted by Crippen LogP contribution is -2.50.